The molecule has 0 saturated heterocycles. The molecular formula is C47H52N2O6. The maximum atomic E-state index is 13.9. The summed E-state index contributed by atoms with van der Waals surface area (Å²) in [7, 11) is 9.30. The van der Waals surface area contributed by atoms with Crippen LogP contribution in [0.25, 0.3) is 0 Å². The number of fused-ring (bicyclic) bond motifs is 3. The maximum absolute atomic E-state index is 13.9. The molecule has 0 unspecified atom stereocenters. The monoisotopic (exact) mass is 740 g/mol. The maximum Gasteiger partial charge on any atom is 0.204 e. The number of ketones is 1. The number of rotatable bonds is 7. The molecular weight excluding hydrogens is 689 g/mol. The van der Waals surface area contributed by atoms with Crippen molar-refractivity contribution >= 4 is 5.78 Å². The lowest BCUT2D eigenvalue weighted by molar-refractivity contribution is 0.0992. The number of hydrogen-bond donors (Lipinski definition) is 0. The zero-order valence-electron chi connectivity index (χ0n) is 33.2. The third kappa shape index (κ3) is 7.66. The Morgan fingerprint density at radius 1 is 0.836 bits per heavy atom. The number of carbonyl (C=O) groups excluding carboxylic acids is 1. The van der Waals surface area contributed by atoms with Crippen molar-refractivity contribution in [1.82, 2.24) is 9.80 Å². The smallest absolute Gasteiger partial charge is 0.204 e. The van der Waals surface area contributed by atoms with Crippen molar-refractivity contribution in [2.24, 2.45) is 0 Å². The molecule has 0 fully saturated rings. The van der Waals surface area contributed by atoms with Crippen LogP contribution in [0.3, 0.4) is 0 Å². The van der Waals surface area contributed by atoms with Gasteiger partial charge in [-0.15, -0.1) is 0 Å². The van der Waals surface area contributed by atoms with E-state index in [1.54, 1.807) is 27.4 Å². The number of Topliss-reactive ketones (excluding diaryl/α,β-unsaturated/α-hetero) is 1. The van der Waals surface area contributed by atoms with Gasteiger partial charge < -0.3 is 23.7 Å². The number of allylic oxidation sites excluding steroid dienone is 3. The molecule has 2 atom stereocenters. The van der Waals surface area contributed by atoms with Gasteiger partial charge in [0.25, 0.3) is 0 Å². The van der Waals surface area contributed by atoms with Crippen molar-refractivity contribution in [3.8, 4) is 34.5 Å². The predicted molar refractivity (Wildman–Crippen MR) is 218 cm³/mol. The highest BCUT2D eigenvalue weighted by Crippen LogP contribution is 2.51. The van der Waals surface area contributed by atoms with Crippen LogP contribution in [0, 0.1) is 13.8 Å². The third-order valence-electron chi connectivity index (χ3n) is 11.4. The molecule has 55 heavy (non-hydrogen) atoms. The molecule has 0 saturated carbocycles. The molecule has 0 radical (unpaired) electrons. The number of ether oxygens (including phenoxy) is 5. The van der Waals surface area contributed by atoms with Crippen LogP contribution < -0.4 is 23.7 Å². The Balaban J connectivity index is 1.45. The Morgan fingerprint density at radius 3 is 2.27 bits per heavy atom. The first-order chi connectivity index (χ1) is 26.6. The van der Waals surface area contributed by atoms with E-state index in [0.717, 1.165) is 71.5 Å². The highest BCUT2D eigenvalue weighted by atomic mass is 16.5. The minimum absolute atomic E-state index is 0.0305. The van der Waals surface area contributed by atoms with Gasteiger partial charge in [-0.05, 0) is 123 Å². The van der Waals surface area contributed by atoms with E-state index in [1.165, 1.54) is 11.1 Å². The molecule has 8 nitrogen and oxygen atoms in total. The summed E-state index contributed by atoms with van der Waals surface area (Å²) in [6.45, 7) is 10.0. The van der Waals surface area contributed by atoms with E-state index in [9.17, 15) is 4.79 Å². The summed E-state index contributed by atoms with van der Waals surface area (Å²) in [6, 6.07) is 18.4. The number of likely N-dealkylation sites (N-methyl/N-ethyl adjacent to an activating group) is 2. The summed E-state index contributed by atoms with van der Waals surface area (Å²) in [5.41, 5.74) is 9.48. The zero-order valence-corrected chi connectivity index (χ0v) is 33.2. The number of methoxy groups -OCH3 is 3. The highest BCUT2D eigenvalue weighted by molar-refractivity contribution is 5.97. The lowest BCUT2D eigenvalue weighted by atomic mass is 9.85. The van der Waals surface area contributed by atoms with Gasteiger partial charge in [-0.3, -0.25) is 14.6 Å². The van der Waals surface area contributed by atoms with Crippen LogP contribution in [0.1, 0.15) is 73.4 Å². The molecule has 0 aliphatic carbocycles. The normalized spacial score (nSPS) is 19.9. The summed E-state index contributed by atoms with van der Waals surface area (Å²) in [5.74, 6) is 4.35. The Morgan fingerprint density at radius 2 is 1.56 bits per heavy atom. The van der Waals surface area contributed by atoms with E-state index in [1.807, 2.05) is 55.5 Å². The largest absolute Gasteiger partial charge is 0.493 e. The molecule has 0 spiro atoms. The first kappa shape index (κ1) is 38.0. The molecule has 0 aromatic heterocycles. The van der Waals surface area contributed by atoms with E-state index < -0.39 is 0 Å². The van der Waals surface area contributed by atoms with Crippen LogP contribution in [-0.4, -0.2) is 64.1 Å². The first-order valence-corrected chi connectivity index (χ1v) is 19.1. The molecule has 4 aromatic rings. The molecule has 8 heteroatoms. The fraction of sp³-hybridized carbons (Fsp3) is 0.340. The van der Waals surface area contributed by atoms with Gasteiger partial charge in [0.15, 0.2) is 28.8 Å². The van der Waals surface area contributed by atoms with Crippen LogP contribution in [0.5, 0.6) is 34.5 Å². The fourth-order valence-electron chi connectivity index (χ4n) is 8.24. The van der Waals surface area contributed by atoms with Gasteiger partial charge in [-0.2, -0.15) is 0 Å². The van der Waals surface area contributed by atoms with E-state index in [-0.39, 0.29) is 24.3 Å². The van der Waals surface area contributed by atoms with Gasteiger partial charge in [-0.1, -0.05) is 54.6 Å². The Bertz CT molecular complexity index is 2170. The number of hydrogen-bond acceptors (Lipinski definition) is 8. The van der Waals surface area contributed by atoms with E-state index >= 15 is 0 Å². The van der Waals surface area contributed by atoms with E-state index in [4.69, 9.17) is 23.7 Å². The van der Waals surface area contributed by atoms with Gasteiger partial charge in [0, 0.05) is 42.7 Å². The van der Waals surface area contributed by atoms with Crippen molar-refractivity contribution in [3.63, 3.8) is 0 Å². The highest BCUT2D eigenvalue weighted by Gasteiger charge is 2.35. The van der Waals surface area contributed by atoms with Crippen molar-refractivity contribution in [2.45, 2.75) is 58.0 Å². The van der Waals surface area contributed by atoms with Crippen molar-refractivity contribution in [2.75, 3.05) is 48.5 Å². The number of aryl methyl sites for hydroxylation is 2. The second kappa shape index (κ2) is 16.2. The predicted octanol–water partition coefficient (Wildman–Crippen LogP) is 9.26. The molecule has 286 valence electrons. The van der Waals surface area contributed by atoms with Crippen molar-refractivity contribution in [3.05, 3.63) is 141 Å². The van der Waals surface area contributed by atoms with Gasteiger partial charge in [0.05, 0.1) is 21.3 Å². The zero-order chi connectivity index (χ0) is 38.8. The minimum Gasteiger partial charge on any atom is -0.493 e. The lowest BCUT2D eigenvalue weighted by Gasteiger charge is -2.37. The van der Waals surface area contributed by atoms with Crippen molar-refractivity contribution in [1.29, 1.82) is 0 Å². The summed E-state index contributed by atoms with van der Waals surface area (Å²) >= 11 is 0. The second-order valence-electron chi connectivity index (χ2n) is 14.9. The van der Waals surface area contributed by atoms with Crippen LogP contribution in [0.15, 0.2) is 91.2 Å². The Hall–Kier alpha value is -5.31. The molecule has 0 amide bonds. The van der Waals surface area contributed by atoms with Gasteiger partial charge >= 0.3 is 0 Å². The molecule has 7 rings (SSSR count). The molecule has 3 aliphatic heterocycles. The molecule has 3 aliphatic rings. The Labute approximate surface area is 325 Å². The minimum atomic E-state index is -0.138. The summed E-state index contributed by atoms with van der Waals surface area (Å²) in [4.78, 5) is 18.6. The fourth-order valence-corrected chi connectivity index (χ4v) is 8.24. The summed E-state index contributed by atoms with van der Waals surface area (Å²) < 4.78 is 31.7. The van der Waals surface area contributed by atoms with Crippen LogP contribution in [0.2, 0.25) is 0 Å². The molecule has 4 aromatic carbocycles. The summed E-state index contributed by atoms with van der Waals surface area (Å²) in [5, 5.41) is 0. The van der Waals surface area contributed by atoms with Crippen LogP contribution in [-0.2, 0) is 25.7 Å². The average Bonchev–Trinajstić information content (AvgIpc) is 3.18. The SMILES string of the molecule is C=C/C1=C\C=C\C[C@H]2c3cc(c(C)cc3CCN2C)Oc2c(OC)c(OC)cc3c2[C@H](Cc2cc(c(OC)cc2CC(=O)c2ccc(C)cc2)O1)N(C)CC3. The standard InChI is InChI=1S/C47H52N2O6/c1-9-36-12-10-11-13-38-37-28-41(30(3)22-32(37)18-20-48(38)4)55-47-45-33(25-44(52-7)46(47)53-8)19-21-49(5)39(45)23-34-27-43(54-36)42(51-6)26-35(34)24-40(50)31-16-14-29(2)15-17-31/h9-12,14-17,22,25-28,38-39H,1,13,18-21,23-24H2,2-8H3/b11-10+,36-12+/t38-,39-/m0/s1. The third-order valence-corrected chi connectivity index (χ3v) is 11.4. The molecule has 0 N–H and O–H groups in total. The van der Waals surface area contributed by atoms with E-state index in [0.29, 0.717) is 46.5 Å². The lowest BCUT2D eigenvalue weighted by Crippen LogP contribution is -2.34. The van der Waals surface area contributed by atoms with Gasteiger partial charge in [-0.25, -0.2) is 0 Å². The van der Waals surface area contributed by atoms with E-state index in [2.05, 4.69) is 61.7 Å². The van der Waals surface area contributed by atoms with Gasteiger partial charge in [0.1, 0.15) is 11.5 Å². The second-order valence-corrected chi connectivity index (χ2v) is 14.9. The summed E-state index contributed by atoms with van der Waals surface area (Å²) in [6.07, 6.45) is 11.2. The number of benzene rings is 4. The number of nitrogens with zero attached hydrogens (tertiary/aromatic N) is 2. The molecule has 4 bridgehead atoms. The topological polar surface area (TPSA) is 69.7 Å². The first-order valence-electron chi connectivity index (χ1n) is 19.1. The molecule has 3 heterocycles. The Kier molecular flexibility index (Phi) is 11.2. The van der Waals surface area contributed by atoms with Crippen molar-refractivity contribution < 1.29 is 28.5 Å². The van der Waals surface area contributed by atoms with Gasteiger partial charge in [0.2, 0.25) is 5.75 Å². The average molecular weight is 741 g/mol. The number of carbonyl (C=O) groups is 1. The van der Waals surface area contributed by atoms with Crippen LogP contribution >= 0.6 is 0 Å². The van der Waals surface area contributed by atoms with Crippen LogP contribution in [0.4, 0.5) is 0 Å². The quantitative estimate of drug-likeness (QED) is 0.174.